The van der Waals surface area contributed by atoms with Crippen LogP contribution in [0.2, 0.25) is 5.02 Å². The van der Waals surface area contributed by atoms with E-state index in [1.54, 1.807) is 18.2 Å². The number of likely N-dealkylation sites (N-methyl/N-ethyl adjacent to an activating group) is 1. The summed E-state index contributed by atoms with van der Waals surface area (Å²) in [5.74, 6) is -1.77. The van der Waals surface area contributed by atoms with E-state index in [-0.39, 0.29) is 23.5 Å². The van der Waals surface area contributed by atoms with Crippen LogP contribution in [0.25, 0.3) is 22.0 Å². The van der Waals surface area contributed by atoms with Gasteiger partial charge in [-0.1, -0.05) is 48.0 Å². The topological polar surface area (TPSA) is 70.2 Å². The fourth-order valence-corrected chi connectivity index (χ4v) is 4.72. The molecule has 0 saturated carbocycles. The van der Waals surface area contributed by atoms with E-state index in [1.165, 1.54) is 12.4 Å². The molecule has 1 saturated heterocycles. The molecular formula is C28H24ClF2N5O. The molecule has 1 aliphatic heterocycles. The van der Waals surface area contributed by atoms with E-state index in [0.717, 1.165) is 31.0 Å². The van der Waals surface area contributed by atoms with Crippen molar-refractivity contribution in [1.82, 2.24) is 14.9 Å². The minimum Gasteiger partial charge on any atom is -0.337 e. The number of fused-ring (bicyclic) bond motifs is 1. The number of halogens is 3. The number of hydrogen-bond acceptors (Lipinski definition) is 5. The van der Waals surface area contributed by atoms with Crippen molar-refractivity contribution >= 4 is 45.6 Å². The van der Waals surface area contributed by atoms with Gasteiger partial charge in [0.05, 0.1) is 16.6 Å². The second-order valence-corrected chi connectivity index (χ2v) is 9.23. The SMILES string of the molecule is CN1CCC[C@@H]1/C=C/C(=O)Nc1ccc2ncnc(Nc3ccc(F)c(Cl)c3F)c2c1-c1ccccc1. The molecule has 1 amide bonds. The highest BCUT2D eigenvalue weighted by Gasteiger charge is 2.20. The van der Waals surface area contributed by atoms with E-state index >= 15 is 0 Å². The maximum Gasteiger partial charge on any atom is 0.248 e. The first-order chi connectivity index (χ1) is 17.9. The number of nitrogens with zero attached hydrogens (tertiary/aromatic N) is 3. The summed E-state index contributed by atoms with van der Waals surface area (Å²) in [5.41, 5.74) is 2.55. The van der Waals surface area contributed by atoms with Crippen molar-refractivity contribution in [3.05, 3.63) is 89.7 Å². The molecule has 6 nitrogen and oxygen atoms in total. The molecule has 188 valence electrons. The van der Waals surface area contributed by atoms with Crippen molar-refractivity contribution in [3.8, 4) is 11.1 Å². The molecule has 9 heteroatoms. The number of hydrogen-bond donors (Lipinski definition) is 2. The van der Waals surface area contributed by atoms with Crippen molar-refractivity contribution in [2.75, 3.05) is 24.2 Å². The van der Waals surface area contributed by atoms with Crippen LogP contribution in [0.3, 0.4) is 0 Å². The molecule has 0 radical (unpaired) electrons. The van der Waals surface area contributed by atoms with Gasteiger partial charge in [-0.05, 0) is 56.3 Å². The molecule has 1 fully saturated rings. The Kier molecular flexibility index (Phi) is 7.12. The summed E-state index contributed by atoms with van der Waals surface area (Å²) in [4.78, 5) is 23.9. The first kappa shape index (κ1) is 24.8. The molecule has 1 atom stereocenters. The summed E-state index contributed by atoms with van der Waals surface area (Å²) in [6.45, 7) is 1.01. The number of benzene rings is 3. The fraction of sp³-hybridized carbons (Fsp3) is 0.179. The van der Waals surface area contributed by atoms with Crippen LogP contribution < -0.4 is 10.6 Å². The normalized spacial score (nSPS) is 15.9. The molecule has 2 N–H and O–H groups in total. The highest BCUT2D eigenvalue weighted by Crippen LogP contribution is 2.39. The van der Waals surface area contributed by atoms with Gasteiger partial charge in [0.1, 0.15) is 23.0 Å². The maximum absolute atomic E-state index is 14.7. The molecule has 0 spiro atoms. The average molecular weight is 520 g/mol. The Bertz CT molecular complexity index is 1500. The van der Waals surface area contributed by atoms with Gasteiger partial charge in [-0.15, -0.1) is 0 Å². The molecular weight excluding hydrogens is 496 g/mol. The van der Waals surface area contributed by atoms with E-state index < -0.39 is 16.7 Å². The first-order valence-electron chi connectivity index (χ1n) is 11.9. The Morgan fingerprint density at radius 3 is 2.62 bits per heavy atom. The summed E-state index contributed by atoms with van der Waals surface area (Å²) in [6.07, 6.45) is 6.94. The van der Waals surface area contributed by atoms with Gasteiger partial charge in [0.25, 0.3) is 0 Å². The predicted octanol–water partition coefficient (Wildman–Crippen LogP) is 6.56. The molecule has 2 heterocycles. The van der Waals surface area contributed by atoms with Gasteiger partial charge in [-0.3, -0.25) is 9.69 Å². The van der Waals surface area contributed by atoms with Gasteiger partial charge in [0.15, 0.2) is 5.82 Å². The smallest absolute Gasteiger partial charge is 0.248 e. The van der Waals surface area contributed by atoms with Gasteiger partial charge in [0.2, 0.25) is 5.91 Å². The minimum atomic E-state index is -0.929. The number of likely N-dealkylation sites (tertiary alicyclic amines) is 1. The monoisotopic (exact) mass is 519 g/mol. The van der Waals surface area contributed by atoms with Gasteiger partial charge in [-0.25, -0.2) is 18.7 Å². The van der Waals surface area contributed by atoms with Crippen molar-refractivity contribution in [1.29, 1.82) is 0 Å². The van der Waals surface area contributed by atoms with Crippen LogP contribution in [-0.4, -0.2) is 40.4 Å². The number of anilines is 3. The fourth-order valence-electron chi connectivity index (χ4n) is 4.56. The second kappa shape index (κ2) is 10.6. The quantitative estimate of drug-likeness (QED) is 0.223. The molecule has 0 bridgehead atoms. The number of nitrogens with one attached hydrogen (secondary N) is 2. The van der Waals surface area contributed by atoms with E-state index in [1.807, 2.05) is 43.5 Å². The van der Waals surface area contributed by atoms with Gasteiger partial charge in [0, 0.05) is 23.4 Å². The predicted molar refractivity (Wildman–Crippen MR) is 143 cm³/mol. The van der Waals surface area contributed by atoms with Crippen LogP contribution in [0.5, 0.6) is 0 Å². The number of rotatable bonds is 6. The zero-order chi connectivity index (χ0) is 25.9. The molecule has 1 aromatic heterocycles. The summed E-state index contributed by atoms with van der Waals surface area (Å²) in [6, 6.07) is 15.6. The van der Waals surface area contributed by atoms with Crippen LogP contribution >= 0.6 is 11.6 Å². The Hall–Kier alpha value is -3.88. The number of amides is 1. The van der Waals surface area contributed by atoms with Crippen molar-refractivity contribution in [2.45, 2.75) is 18.9 Å². The highest BCUT2D eigenvalue weighted by atomic mass is 35.5. The van der Waals surface area contributed by atoms with Crippen molar-refractivity contribution < 1.29 is 13.6 Å². The third kappa shape index (κ3) is 5.16. The lowest BCUT2D eigenvalue weighted by Crippen LogP contribution is -2.23. The Morgan fingerprint density at radius 1 is 1.08 bits per heavy atom. The zero-order valence-electron chi connectivity index (χ0n) is 20.0. The average Bonchev–Trinajstić information content (AvgIpc) is 3.33. The van der Waals surface area contributed by atoms with Crippen molar-refractivity contribution in [3.63, 3.8) is 0 Å². The zero-order valence-corrected chi connectivity index (χ0v) is 20.8. The van der Waals surface area contributed by atoms with E-state index in [0.29, 0.717) is 22.2 Å². The second-order valence-electron chi connectivity index (χ2n) is 8.86. The van der Waals surface area contributed by atoms with Crippen LogP contribution in [0.1, 0.15) is 12.8 Å². The van der Waals surface area contributed by atoms with E-state index in [2.05, 4.69) is 25.5 Å². The van der Waals surface area contributed by atoms with Crippen molar-refractivity contribution in [2.24, 2.45) is 0 Å². The molecule has 1 aliphatic rings. The maximum atomic E-state index is 14.7. The van der Waals surface area contributed by atoms with Crippen LogP contribution in [0.15, 0.2) is 73.1 Å². The lowest BCUT2D eigenvalue weighted by Gasteiger charge is -2.17. The van der Waals surface area contributed by atoms with Crippen LogP contribution in [-0.2, 0) is 4.79 Å². The van der Waals surface area contributed by atoms with Gasteiger partial charge in [-0.2, -0.15) is 0 Å². The Balaban J connectivity index is 1.59. The first-order valence-corrected chi connectivity index (χ1v) is 12.2. The standard InChI is InChI=1S/C28H24ClF2N5O/c1-36-15-5-8-18(36)9-14-23(37)34-21-13-12-20-25(24(21)17-6-3-2-4-7-17)28(33-16-32-20)35-22-11-10-19(30)26(29)27(22)31/h2-4,6-7,9-14,16,18H,5,8,15H2,1H3,(H,34,37)(H,32,33,35)/b14-9+/t18-/m1/s1. The highest BCUT2D eigenvalue weighted by molar-refractivity contribution is 6.31. The number of aromatic nitrogens is 2. The molecule has 37 heavy (non-hydrogen) atoms. The summed E-state index contributed by atoms with van der Waals surface area (Å²) in [5, 5.41) is 5.87. The molecule has 5 rings (SSSR count). The third-order valence-corrected chi connectivity index (χ3v) is 6.81. The number of carbonyl (C=O) groups is 1. The van der Waals surface area contributed by atoms with E-state index in [9.17, 15) is 13.6 Å². The molecule has 3 aromatic carbocycles. The molecule has 4 aromatic rings. The summed E-state index contributed by atoms with van der Waals surface area (Å²) in [7, 11) is 2.04. The van der Waals surface area contributed by atoms with E-state index in [4.69, 9.17) is 11.6 Å². The van der Waals surface area contributed by atoms with Gasteiger partial charge < -0.3 is 10.6 Å². The van der Waals surface area contributed by atoms with Crippen LogP contribution in [0.4, 0.5) is 26.0 Å². The Morgan fingerprint density at radius 2 is 1.86 bits per heavy atom. The summed E-state index contributed by atoms with van der Waals surface area (Å²) < 4.78 is 28.4. The number of carbonyl (C=O) groups excluding carboxylic acids is 1. The summed E-state index contributed by atoms with van der Waals surface area (Å²) >= 11 is 5.78. The third-order valence-electron chi connectivity index (χ3n) is 6.46. The molecule has 0 unspecified atom stereocenters. The lowest BCUT2D eigenvalue weighted by atomic mass is 9.98. The lowest BCUT2D eigenvalue weighted by molar-refractivity contribution is -0.111. The van der Waals surface area contributed by atoms with Crippen LogP contribution in [0, 0.1) is 11.6 Å². The Labute approximate surface area is 218 Å². The minimum absolute atomic E-state index is 0.0385. The largest absolute Gasteiger partial charge is 0.337 e. The van der Waals surface area contributed by atoms with Gasteiger partial charge >= 0.3 is 0 Å². The molecule has 0 aliphatic carbocycles.